The van der Waals surface area contributed by atoms with Crippen molar-refractivity contribution in [2.24, 2.45) is 5.90 Å². The molecule has 72 valence electrons. The number of fused-ring (bicyclic) bond motifs is 1. The lowest BCUT2D eigenvalue weighted by molar-refractivity contribution is 0.0879. The van der Waals surface area contributed by atoms with E-state index in [1.807, 2.05) is 0 Å². The SMILES string of the molecule is NOCc1ccc2c(c1)C(=O)NC2=O. The van der Waals surface area contributed by atoms with Gasteiger partial charge in [0, 0.05) is 0 Å². The zero-order chi connectivity index (χ0) is 10.1. The van der Waals surface area contributed by atoms with E-state index in [-0.39, 0.29) is 18.4 Å². The summed E-state index contributed by atoms with van der Waals surface area (Å²) in [6, 6.07) is 4.89. The van der Waals surface area contributed by atoms with E-state index < -0.39 is 0 Å². The molecule has 0 unspecified atom stereocenters. The van der Waals surface area contributed by atoms with Crippen molar-refractivity contribution in [2.75, 3.05) is 0 Å². The van der Waals surface area contributed by atoms with E-state index in [2.05, 4.69) is 10.2 Å². The van der Waals surface area contributed by atoms with Gasteiger partial charge in [-0.15, -0.1) is 0 Å². The molecule has 0 saturated heterocycles. The smallest absolute Gasteiger partial charge is 0.258 e. The number of nitrogens with two attached hydrogens (primary N) is 1. The average Bonchev–Trinajstić information content (AvgIpc) is 2.43. The molecule has 1 aliphatic rings. The maximum absolute atomic E-state index is 11.2. The molecule has 0 aromatic heterocycles. The van der Waals surface area contributed by atoms with Gasteiger partial charge in [0.15, 0.2) is 0 Å². The Balaban J connectivity index is 2.44. The van der Waals surface area contributed by atoms with Gasteiger partial charge in [-0.3, -0.25) is 19.7 Å². The fourth-order valence-corrected chi connectivity index (χ4v) is 1.40. The molecule has 5 heteroatoms. The number of hydrogen-bond donors (Lipinski definition) is 2. The minimum Gasteiger partial charge on any atom is -0.300 e. The molecule has 1 aromatic carbocycles. The summed E-state index contributed by atoms with van der Waals surface area (Å²) >= 11 is 0. The van der Waals surface area contributed by atoms with Gasteiger partial charge in [-0.2, -0.15) is 0 Å². The molecule has 0 bridgehead atoms. The van der Waals surface area contributed by atoms with Crippen molar-refractivity contribution in [2.45, 2.75) is 6.61 Å². The molecular weight excluding hydrogens is 184 g/mol. The molecule has 0 fully saturated rings. The summed E-state index contributed by atoms with van der Waals surface area (Å²) in [7, 11) is 0. The van der Waals surface area contributed by atoms with Crippen molar-refractivity contribution >= 4 is 11.8 Å². The summed E-state index contributed by atoms with van der Waals surface area (Å²) in [5.41, 5.74) is 1.54. The molecule has 2 amide bonds. The number of benzene rings is 1. The van der Waals surface area contributed by atoms with E-state index in [4.69, 9.17) is 5.90 Å². The highest BCUT2D eigenvalue weighted by Gasteiger charge is 2.26. The van der Waals surface area contributed by atoms with Crippen LogP contribution >= 0.6 is 0 Å². The molecule has 1 aromatic rings. The van der Waals surface area contributed by atoms with Crippen molar-refractivity contribution in [1.29, 1.82) is 0 Å². The number of carbonyl (C=O) groups excluding carboxylic acids is 2. The number of imide groups is 1. The molecule has 14 heavy (non-hydrogen) atoms. The quantitative estimate of drug-likeness (QED) is 0.509. The van der Waals surface area contributed by atoms with Crippen LogP contribution in [0.5, 0.6) is 0 Å². The number of carbonyl (C=O) groups is 2. The molecule has 3 N–H and O–H groups in total. The van der Waals surface area contributed by atoms with E-state index in [1.54, 1.807) is 18.2 Å². The molecule has 1 aliphatic heterocycles. The van der Waals surface area contributed by atoms with Gasteiger partial charge in [0.05, 0.1) is 17.7 Å². The summed E-state index contributed by atoms with van der Waals surface area (Å²) in [5, 5.41) is 2.20. The van der Waals surface area contributed by atoms with Crippen molar-refractivity contribution in [3.05, 3.63) is 34.9 Å². The number of hydrogen-bond acceptors (Lipinski definition) is 4. The number of nitrogens with one attached hydrogen (secondary N) is 1. The first kappa shape index (κ1) is 8.86. The van der Waals surface area contributed by atoms with Gasteiger partial charge in [-0.25, -0.2) is 5.90 Å². The topological polar surface area (TPSA) is 81.4 Å². The third-order valence-electron chi connectivity index (χ3n) is 2.05. The number of amides is 2. The van der Waals surface area contributed by atoms with Gasteiger partial charge in [-0.1, -0.05) is 6.07 Å². The van der Waals surface area contributed by atoms with Crippen molar-refractivity contribution < 1.29 is 14.4 Å². The highest BCUT2D eigenvalue weighted by atomic mass is 16.6. The van der Waals surface area contributed by atoms with Crippen molar-refractivity contribution in [3.8, 4) is 0 Å². The summed E-state index contributed by atoms with van der Waals surface area (Å²) in [5.74, 6) is 4.17. The van der Waals surface area contributed by atoms with Crippen molar-refractivity contribution in [1.82, 2.24) is 5.32 Å². The largest absolute Gasteiger partial charge is 0.300 e. The zero-order valence-electron chi connectivity index (χ0n) is 7.24. The maximum atomic E-state index is 11.2. The Kier molecular flexibility index (Phi) is 2.03. The molecule has 0 spiro atoms. The lowest BCUT2D eigenvalue weighted by Gasteiger charge is -2.00. The molecule has 1 heterocycles. The van der Waals surface area contributed by atoms with Gasteiger partial charge in [0.25, 0.3) is 11.8 Å². The Morgan fingerprint density at radius 2 is 1.93 bits per heavy atom. The molecular formula is C9H8N2O3. The predicted octanol–water partition coefficient (Wildman–Crippen LogP) is -0.0395. The molecule has 0 atom stereocenters. The van der Waals surface area contributed by atoms with Crippen LogP contribution in [0.4, 0.5) is 0 Å². The van der Waals surface area contributed by atoms with Crippen LogP contribution in [-0.2, 0) is 11.4 Å². The van der Waals surface area contributed by atoms with E-state index in [9.17, 15) is 9.59 Å². The highest BCUT2D eigenvalue weighted by Crippen LogP contribution is 2.17. The Bertz CT molecular complexity index is 415. The van der Waals surface area contributed by atoms with Gasteiger partial charge in [0.1, 0.15) is 0 Å². The van der Waals surface area contributed by atoms with E-state index in [0.717, 1.165) is 5.56 Å². The van der Waals surface area contributed by atoms with Gasteiger partial charge in [-0.05, 0) is 17.7 Å². The lowest BCUT2D eigenvalue weighted by atomic mass is 10.1. The fourth-order valence-electron chi connectivity index (χ4n) is 1.40. The normalized spacial score (nSPS) is 14.1. The fraction of sp³-hybridized carbons (Fsp3) is 0.111. The van der Waals surface area contributed by atoms with Crippen molar-refractivity contribution in [3.63, 3.8) is 0 Å². The summed E-state index contributed by atoms with van der Waals surface area (Å²) in [6.45, 7) is 0.217. The summed E-state index contributed by atoms with van der Waals surface area (Å²) < 4.78 is 0. The standard InChI is InChI=1S/C9H8N2O3/c10-14-4-5-1-2-6-7(3-5)9(13)11-8(6)12/h1-3H,4,10H2,(H,11,12,13). The van der Waals surface area contributed by atoms with Crippen LogP contribution in [0.25, 0.3) is 0 Å². The molecule has 0 radical (unpaired) electrons. The Labute approximate surface area is 79.8 Å². The van der Waals surface area contributed by atoms with Crippen LogP contribution in [0.1, 0.15) is 26.3 Å². The summed E-state index contributed by atoms with van der Waals surface area (Å²) in [4.78, 5) is 26.8. The summed E-state index contributed by atoms with van der Waals surface area (Å²) in [6.07, 6.45) is 0. The van der Waals surface area contributed by atoms with Gasteiger partial charge in [0.2, 0.25) is 0 Å². The van der Waals surface area contributed by atoms with Crippen LogP contribution in [0, 0.1) is 0 Å². The van der Waals surface area contributed by atoms with E-state index in [1.165, 1.54) is 0 Å². The second kappa shape index (κ2) is 3.21. The first-order chi connectivity index (χ1) is 6.72. The first-order valence-electron chi connectivity index (χ1n) is 4.02. The Morgan fingerprint density at radius 3 is 2.64 bits per heavy atom. The van der Waals surface area contributed by atoms with Crippen LogP contribution in [0.3, 0.4) is 0 Å². The molecule has 0 saturated carbocycles. The van der Waals surface area contributed by atoms with Crippen LogP contribution in [-0.4, -0.2) is 11.8 Å². The number of rotatable bonds is 2. The Morgan fingerprint density at radius 1 is 1.21 bits per heavy atom. The zero-order valence-corrected chi connectivity index (χ0v) is 7.24. The molecule has 5 nitrogen and oxygen atoms in total. The highest BCUT2D eigenvalue weighted by molar-refractivity contribution is 6.21. The third-order valence-corrected chi connectivity index (χ3v) is 2.05. The van der Waals surface area contributed by atoms with Gasteiger partial charge >= 0.3 is 0 Å². The first-order valence-corrected chi connectivity index (χ1v) is 4.02. The van der Waals surface area contributed by atoms with Crippen LogP contribution in [0.15, 0.2) is 18.2 Å². The maximum Gasteiger partial charge on any atom is 0.258 e. The van der Waals surface area contributed by atoms with Crippen LogP contribution < -0.4 is 11.2 Å². The van der Waals surface area contributed by atoms with Gasteiger partial charge < -0.3 is 0 Å². The minimum atomic E-state index is -0.371. The minimum absolute atomic E-state index is 0.217. The predicted molar refractivity (Wildman–Crippen MR) is 47.2 cm³/mol. The van der Waals surface area contributed by atoms with Crippen LogP contribution in [0.2, 0.25) is 0 Å². The molecule has 0 aliphatic carbocycles. The second-order valence-electron chi connectivity index (χ2n) is 2.97. The molecule has 2 rings (SSSR count). The average molecular weight is 192 g/mol. The lowest BCUT2D eigenvalue weighted by Crippen LogP contribution is -2.19. The third kappa shape index (κ3) is 1.28. The second-order valence-corrected chi connectivity index (χ2v) is 2.97. The monoisotopic (exact) mass is 192 g/mol. The van der Waals surface area contributed by atoms with E-state index in [0.29, 0.717) is 11.1 Å². The van der Waals surface area contributed by atoms with E-state index >= 15 is 0 Å². The Hall–Kier alpha value is -1.72.